The average molecular weight is 355 g/mol. The lowest BCUT2D eigenvalue weighted by molar-refractivity contribution is 0.0633. The molecule has 2 aromatic rings. The van der Waals surface area contributed by atoms with Gasteiger partial charge in [-0.1, -0.05) is 35.3 Å². The Morgan fingerprint density at radius 1 is 1.14 bits per heavy atom. The summed E-state index contributed by atoms with van der Waals surface area (Å²) in [5, 5.41) is 3.29. The van der Waals surface area contributed by atoms with Crippen LogP contribution in [0.3, 0.4) is 0 Å². The lowest BCUT2D eigenvalue weighted by atomic mass is 10.2. The van der Waals surface area contributed by atoms with Crippen LogP contribution in [0.5, 0.6) is 0 Å². The van der Waals surface area contributed by atoms with Crippen molar-refractivity contribution in [2.75, 3.05) is 26.2 Å². The maximum absolute atomic E-state index is 12.3. The summed E-state index contributed by atoms with van der Waals surface area (Å²) in [6.45, 7) is 4.01. The highest BCUT2D eigenvalue weighted by Crippen LogP contribution is 2.23. The predicted molar refractivity (Wildman–Crippen MR) is 92.0 cm³/mol. The molecule has 3 rings (SSSR count). The van der Waals surface area contributed by atoms with Gasteiger partial charge in [0, 0.05) is 42.8 Å². The minimum Gasteiger partial charge on any atom is -0.335 e. The van der Waals surface area contributed by atoms with Gasteiger partial charge in [-0.05, 0) is 29.1 Å². The molecule has 1 fully saturated rings. The molecule has 0 N–H and O–H groups in total. The molecule has 2 heterocycles. The van der Waals surface area contributed by atoms with E-state index in [-0.39, 0.29) is 5.91 Å². The van der Waals surface area contributed by atoms with Crippen molar-refractivity contribution in [1.29, 1.82) is 0 Å². The zero-order valence-corrected chi connectivity index (χ0v) is 14.3. The summed E-state index contributed by atoms with van der Waals surface area (Å²) in [5.74, 6) is 0.138. The molecular formula is C16H16Cl2N2OS. The molecule has 1 amide bonds. The van der Waals surface area contributed by atoms with E-state index in [1.165, 1.54) is 11.3 Å². The van der Waals surface area contributed by atoms with Crippen molar-refractivity contribution >= 4 is 40.4 Å². The molecule has 6 heteroatoms. The highest BCUT2D eigenvalue weighted by molar-refractivity contribution is 7.12. The second kappa shape index (κ2) is 7.01. The fourth-order valence-electron chi connectivity index (χ4n) is 2.56. The summed E-state index contributed by atoms with van der Waals surface area (Å²) in [6, 6.07) is 9.39. The van der Waals surface area contributed by atoms with Crippen molar-refractivity contribution in [3.8, 4) is 0 Å². The third-order valence-corrected chi connectivity index (χ3v) is 5.25. The highest BCUT2D eigenvalue weighted by Gasteiger charge is 2.22. The van der Waals surface area contributed by atoms with Crippen LogP contribution in [0.1, 0.15) is 15.2 Å². The average Bonchev–Trinajstić information content (AvgIpc) is 3.04. The first kappa shape index (κ1) is 15.8. The molecule has 1 aliphatic rings. The van der Waals surface area contributed by atoms with E-state index in [9.17, 15) is 4.79 Å². The Hall–Kier alpha value is -1.07. The first-order valence-electron chi connectivity index (χ1n) is 7.12. The number of hydrogen-bond donors (Lipinski definition) is 0. The van der Waals surface area contributed by atoms with Gasteiger partial charge < -0.3 is 4.90 Å². The van der Waals surface area contributed by atoms with Gasteiger partial charge in [0.25, 0.3) is 5.91 Å². The Morgan fingerprint density at radius 2 is 1.91 bits per heavy atom. The van der Waals surface area contributed by atoms with Gasteiger partial charge in [0.05, 0.1) is 4.88 Å². The van der Waals surface area contributed by atoms with Crippen LogP contribution in [0.15, 0.2) is 35.7 Å². The molecule has 3 nitrogen and oxygen atoms in total. The van der Waals surface area contributed by atoms with E-state index in [1.807, 2.05) is 34.5 Å². The molecule has 1 aromatic heterocycles. The fraction of sp³-hybridized carbons (Fsp3) is 0.312. The van der Waals surface area contributed by atoms with Gasteiger partial charge in [-0.15, -0.1) is 11.3 Å². The molecule has 0 aliphatic carbocycles. The van der Waals surface area contributed by atoms with Crippen LogP contribution in [0, 0.1) is 0 Å². The van der Waals surface area contributed by atoms with Crippen molar-refractivity contribution < 1.29 is 4.79 Å². The number of amides is 1. The highest BCUT2D eigenvalue weighted by atomic mass is 35.5. The van der Waals surface area contributed by atoms with E-state index in [4.69, 9.17) is 23.2 Å². The van der Waals surface area contributed by atoms with E-state index in [2.05, 4.69) is 4.90 Å². The number of thiophene rings is 1. The smallest absolute Gasteiger partial charge is 0.264 e. The van der Waals surface area contributed by atoms with Crippen LogP contribution >= 0.6 is 34.5 Å². The molecule has 0 radical (unpaired) electrons. The van der Waals surface area contributed by atoms with Crippen LogP contribution in [0.2, 0.25) is 10.0 Å². The van der Waals surface area contributed by atoms with Crippen molar-refractivity contribution in [3.05, 3.63) is 56.2 Å². The molecule has 1 aliphatic heterocycles. The summed E-state index contributed by atoms with van der Waals surface area (Å²) >= 11 is 13.6. The maximum Gasteiger partial charge on any atom is 0.264 e. The Labute approximate surface area is 144 Å². The minimum atomic E-state index is 0.138. The van der Waals surface area contributed by atoms with E-state index >= 15 is 0 Å². The Balaban J connectivity index is 1.56. The number of piperazine rings is 1. The largest absolute Gasteiger partial charge is 0.335 e. The van der Waals surface area contributed by atoms with E-state index in [0.717, 1.165) is 43.2 Å². The lowest BCUT2D eigenvalue weighted by Gasteiger charge is -2.34. The summed E-state index contributed by atoms with van der Waals surface area (Å²) in [4.78, 5) is 17.3. The van der Waals surface area contributed by atoms with Gasteiger partial charge in [-0.25, -0.2) is 0 Å². The molecule has 0 saturated carbocycles. The van der Waals surface area contributed by atoms with Gasteiger partial charge >= 0.3 is 0 Å². The SMILES string of the molecule is O=C(c1cccs1)N1CCN(Cc2ccc(Cl)cc2Cl)CC1. The minimum absolute atomic E-state index is 0.138. The Bertz CT molecular complexity index is 652. The Kier molecular flexibility index (Phi) is 5.03. The van der Waals surface area contributed by atoms with Gasteiger partial charge in [-0.2, -0.15) is 0 Å². The fourth-order valence-corrected chi connectivity index (χ4v) is 3.72. The van der Waals surface area contributed by atoms with Gasteiger partial charge in [0.15, 0.2) is 0 Å². The summed E-state index contributed by atoms with van der Waals surface area (Å²) in [7, 11) is 0. The third kappa shape index (κ3) is 3.63. The first-order valence-corrected chi connectivity index (χ1v) is 8.76. The van der Waals surface area contributed by atoms with Crippen molar-refractivity contribution in [3.63, 3.8) is 0 Å². The quantitative estimate of drug-likeness (QED) is 0.831. The van der Waals surface area contributed by atoms with Gasteiger partial charge in [0.2, 0.25) is 0 Å². The van der Waals surface area contributed by atoms with E-state index in [1.54, 1.807) is 6.07 Å². The zero-order chi connectivity index (χ0) is 15.5. The first-order chi connectivity index (χ1) is 10.6. The van der Waals surface area contributed by atoms with Crippen LogP contribution < -0.4 is 0 Å². The Morgan fingerprint density at radius 3 is 2.55 bits per heavy atom. The normalized spacial score (nSPS) is 16.0. The lowest BCUT2D eigenvalue weighted by Crippen LogP contribution is -2.48. The number of benzene rings is 1. The number of carbonyl (C=O) groups is 1. The molecule has 0 bridgehead atoms. The van der Waals surface area contributed by atoms with Crippen molar-refractivity contribution in [2.45, 2.75) is 6.54 Å². The van der Waals surface area contributed by atoms with Crippen LogP contribution in [-0.4, -0.2) is 41.9 Å². The van der Waals surface area contributed by atoms with Gasteiger partial charge in [0.1, 0.15) is 0 Å². The standard InChI is InChI=1S/C16H16Cl2N2OS/c17-13-4-3-12(14(18)10-13)11-19-5-7-20(8-6-19)16(21)15-2-1-9-22-15/h1-4,9-10H,5-8,11H2. The molecule has 116 valence electrons. The second-order valence-corrected chi connectivity index (χ2v) is 7.07. The molecule has 22 heavy (non-hydrogen) atoms. The molecular weight excluding hydrogens is 339 g/mol. The monoisotopic (exact) mass is 354 g/mol. The van der Waals surface area contributed by atoms with Crippen LogP contribution in [0.4, 0.5) is 0 Å². The number of rotatable bonds is 3. The van der Waals surface area contributed by atoms with Crippen molar-refractivity contribution in [2.24, 2.45) is 0 Å². The predicted octanol–water partition coefficient (Wildman–Crippen LogP) is 4.01. The molecule has 0 spiro atoms. The zero-order valence-electron chi connectivity index (χ0n) is 12.0. The summed E-state index contributed by atoms with van der Waals surface area (Å²) < 4.78 is 0. The van der Waals surface area contributed by atoms with E-state index in [0.29, 0.717) is 10.0 Å². The summed E-state index contributed by atoms with van der Waals surface area (Å²) in [5.41, 5.74) is 1.07. The van der Waals surface area contributed by atoms with Gasteiger partial charge in [-0.3, -0.25) is 9.69 Å². The van der Waals surface area contributed by atoms with Crippen molar-refractivity contribution in [1.82, 2.24) is 9.80 Å². The molecule has 1 aromatic carbocycles. The van der Waals surface area contributed by atoms with Crippen LogP contribution in [-0.2, 0) is 6.54 Å². The number of halogens is 2. The topological polar surface area (TPSA) is 23.6 Å². The maximum atomic E-state index is 12.3. The van der Waals surface area contributed by atoms with Crippen LogP contribution in [0.25, 0.3) is 0 Å². The molecule has 0 atom stereocenters. The number of hydrogen-bond acceptors (Lipinski definition) is 3. The number of nitrogens with zero attached hydrogens (tertiary/aromatic N) is 2. The molecule has 1 saturated heterocycles. The number of carbonyl (C=O) groups excluding carboxylic acids is 1. The molecule has 0 unspecified atom stereocenters. The summed E-state index contributed by atoms with van der Waals surface area (Å²) in [6.07, 6.45) is 0. The third-order valence-electron chi connectivity index (χ3n) is 3.80. The second-order valence-electron chi connectivity index (χ2n) is 5.28. The van der Waals surface area contributed by atoms with E-state index < -0.39 is 0 Å².